The molecule has 0 saturated carbocycles. The molecule has 1 aromatic carbocycles. The second-order valence-corrected chi connectivity index (χ2v) is 1.15. The molecule has 0 atom stereocenters. The monoisotopic (exact) mass is 178 g/mol. The summed E-state index contributed by atoms with van der Waals surface area (Å²) in [5.74, 6) is 0. The van der Waals surface area contributed by atoms with Crippen LogP contribution in [0.25, 0.3) is 0 Å². The molecule has 0 fully saturated rings. The van der Waals surface area contributed by atoms with Gasteiger partial charge < -0.3 is 0 Å². The lowest BCUT2D eigenvalue weighted by Crippen LogP contribution is -1.47. The van der Waals surface area contributed by atoms with Crippen LogP contribution in [-0.2, 0) is 0 Å². The quantitative estimate of drug-likeness (QED) is 0.536. The van der Waals surface area contributed by atoms with Crippen molar-refractivity contribution < 1.29 is 0 Å². The van der Waals surface area contributed by atoms with Crippen LogP contribution < -0.4 is 0 Å². The van der Waals surface area contributed by atoms with Crippen molar-refractivity contribution in [2.45, 2.75) is 0 Å². The Morgan fingerprint density at radius 3 is 0.700 bits per heavy atom. The van der Waals surface area contributed by atoms with Gasteiger partial charge in [0.1, 0.15) is 0 Å². The Morgan fingerprint density at radius 2 is 0.600 bits per heavy atom. The second kappa shape index (κ2) is 15.8. The summed E-state index contributed by atoms with van der Waals surface area (Å²) in [5, 5.41) is 0. The van der Waals surface area contributed by atoms with Crippen molar-refractivity contribution in [2.75, 3.05) is 0 Å². The Morgan fingerprint density at radius 1 is 0.500 bits per heavy atom. The Kier molecular flexibility index (Phi) is 25.7. The van der Waals surface area contributed by atoms with E-state index in [2.05, 4.69) is 13.2 Å². The molecule has 2 heteroatoms. The maximum absolute atomic E-state index is 3.00. The molecule has 0 radical (unpaired) electrons. The van der Waals surface area contributed by atoms with E-state index in [0.717, 1.165) is 0 Å². The molecule has 1 aromatic rings. The van der Waals surface area contributed by atoms with Crippen LogP contribution in [0.15, 0.2) is 49.6 Å². The SMILES string of the molecule is C=C.Cl.Cl.c1ccccc1. The summed E-state index contributed by atoms with van der Waals surface area (Å²) in [6.45, 7) is 6.00. The van der Waals surface area contributed by atoms with E-state index in [9.17, 15) is 0 Å². The molecule has 0 unspecified atom stereocenters. The zero-order chi connectivity index (χ0) is 6.24. The first kappa shape index (κ1) is 16.3. The molecule has 0 spiro atoms. The van der Waals surface area contributed by atoms with Gasteiger partial charge in [0.25, 0.3) is 0 Å². The normalized spacial score (nSPS) is 5.20. The fraction of sp³-hybridized carbons (Fsp3) is 0. The maximum Gasteiger partial charge on any atom is -0.0623 e. The molecule has 0 bridgehead atoms. The predicted molar refractivity (Wildman–Crippen MR) is 52.2 cm³/mol. The molecule has 0 heterocycles. The van der Waals surface area contributed by atoms with Crippen molar-refractivity contribution in [3.05, 3.63) is 49.6 Å². The highest BCUT2D eigenvalue weighted by Gasteiger charge is 1.57. The average Bonchev–Trinajstić information content (AvgIpc) is 1.96. The molecule has 0 saturated heterocycles. The fourth-order valence-electron chi connectivity index (χ4n) is 0.385. The van der Waals surface area contributed by atoms with Gasteiger partial charge in [0, 0.05) is 0 Å². The zero-order valence-electron chi connectivity index (χ0n) is 5.69. The van der Waals surface area contributed by atoms with Gasteiger partial charge in [-0.1, -0.05) is 36.4 Å². The van der Waals surface area contributed by atoms with Crippen LogP contribution in [0, 0.1) is 0 Å². The molecule has 0 N–H and O–H groups in total. The summed E-state index contributed by atoms with van der Waals surface area (Å²) in [6, 6.07) is 12.0. The number of benzene rings is 1. The fourth-order valence-corrected chi connectivity index (χ4v) is 0.385. The standard InChI is InChI=1S/C6H6.C2H4.2ClH/c1-2-4-6-5-3-1;1-2;;/h1-6H;1-2H2;2*1H. The van der Waals surface area contributed by atoms with Crippen molar-refractivity contribution in [1.29, 1.82) is 0 Å². The van der Waals surface area contributed by atoms with E-state index in [1.165, 1.54) is 0 Å². The number of hydrogen-bond acceptors (Lipinski definition) is 0. The van der Waals surface area contributed by atoms with Gasteiger partial charge in [-0.2, -0.15) is 0 Å². The highest BCUT2D eigenvalue weighted by molar-refractivity contribution is 5.85. The third kappa shape index (κ3) is 10.5. The molecule has 1 rings (SSSR count). The van der Waals surface area contributed by atoms with Gasteiger partial charge in [-0.3, -0.25) is 0 Å². The van der Waals surface area contributed by atoms with Crippen LogP contribution in [0.4, 0.5) is 0 Å². The van der Waals surface area contributed by atoms with Gasteiger partial charge in [0.2, 0.25) is 0 Å². The van der Waals surface area contributed by atoms with Crippen molar-refractivity contribution in [2.24, 2.45) is 0 Å². The maximum atomic E-state index is 3.00. The smallest absolute Gasteiger partial charge is 0.0623 e. The Hall–Kier alpha value is -0.460. The van der Waals surface area contributed by atoms with Gasteiger partial charge in [0.05, 0.1) is 0 Å². The first-order valence-corrected chi connectivity index (χ1v) is 2.50. The minimum Gasteiger partial charge on any atom is -0.147 e. The van der Waals surface area contributed by atoms with Crippen LogP contribution in [0.3, 0.4) is 0 Å². The molecule has 0 nitrogen and oxygen atoms in total. The van der Waals surface area contributed by atoms with Crippen LogP contribution in [-0.4, -0.2) is 0 Å². The van der Waals surface area contributed by atoms with Gasteiger partial charge in [0.15, 0.2) is 0 Å². The van der Waals surface area contributed by atoms with Crippen LogP contribution in [0.1, 0.15) is 0 Å². The topological polar surface area (TPSA) is 0 Å². The Balaban J connectivity index is -0.000000114. The second-order valence-electron chi connectivity index (χ2n) is 1.15. The Bertz CT molecular complexity index is 90.1. The third-order valence-corrected chi connectivity index (χ3v) is 0.667. The lowest BCUT2D eigenvalue weighted by atomic mass is 10.4. The molecule has 0 amide bonds. The lowest BCUT2D eigenvalue weighted by Gasteiger charge is -1.69. The molecule has 0 aromatic heterocycles. The third-order valence-electron chi connectivity index (χ3n) is 0.667. The van der Waals surface area contributed by atoms with Crippen molar-refractivity contribution in [3.63, 3.8) is 0 Å². The van der Waals surface area contributed by atoms with Gasteiger partial charge >= 0.3 is 0 Å². The summed E-state index contributed by atoms with van der Waals surface area (Å²) < 4.78 is 0. The summed E-state index contributed by atoms with van der Waals surface area (Å²) in [5.41, 5.74) is 0. The number of halogens is 2. The summed E-state index contributed by atoms with van der Waals surface area (Å²) in [6.07, 6.45) is 0. The first-order chi connectivity index (χ1) is 4.00. The molecular formula is C8H12Cl2. The molecule has 58 valence electrons. The molecule has 0 aliphatic carbocycles. The molecule has 0 aliphatic rings. The predicted octanol–water partition coefficient (Wildman–Crippen LogP) is 3.33. The van der Waals surface area contributed by atoms with E-state index in [4.69, 9.17) is 0 Å². The number of rotatable bonds is 0. The van der Waals surface area contributed by atoms with E-state index in [-0.39, 0.29) is 24.8 Å². The zero-order valence-corrected chi connectivity index (χ0v) is 7.33. The van der Waals surface area contributed by atoms with Crippen LogP contribution >= 0.6 is 24.8 Å². The Labute approximate surface area is 74.8 Å². The molecule has 0 aliphatic heterocycles. The number of hydrogen-bond donors (Lipinski definition) is 0. The summed E-state index contributed by atoms with van der Waals surface area (Å²) >= 11 is 0. The first-order valence-electron chi connectivity index (χ1n) is 2.50. The van der Waals surface area contributed by atoms with E-state index < -0.39 is 0 Å². The highest BCUT2D eigenvalue weighted by atomic mass is 35.5. The van der Waals surface area contributed by atoms with E-state index in [1.54, 1.807) is 0 Å². The van der Waals surface area contributed by atoms with Crippen LogP contribution in [0.5, 0.6) is 0 Å². The van der Waals surface area contributed by atoms with Crippen LogP contribution in [0.2, 0.25) is 0 Å². The van der Waals surface area contributed by atoms with Gasteiger partial charge in [-0.25, -0.2) is 0 Å². The molecule has 10 heavy (non-hydrogen) atoms. The average molecular weight is 179 g/mol. The van der Waals surface area contributed by atoms with E-state index in [0.29, 0.717) is 0 Å². The van der Waals surface area contributed by atoms with Crippen molar-refractivity contribution in [1.82, 2.24) is 0 Å². The minimum atomic E-state index is 0. The van der Waals surface area contributed by atoms with Crippen molar-refractivity contribution in [3.8, 4) is 0 Å². The highest BCUT2D eigenvalue weighted by Crippen LogP contribution is 1.79. The van der Waals surface area contributed by atoms with Crippen molar-refractivity contribution >= 4 is 24.8 Å². The van der Waals surface area contributed by atoms with E-state index >= 15 is 0 Å². The van der Waals surface area contributed by atoms with Gasteiger partial charge in [-0.15, -0.1) is 38.0 Å². The van der Waals surface area contributed by atoms with Gasteiger partial charge in [-0.05, 0) is 0 Å². The molecular weight excluding hydrogens is 167 g/mol. The lowest BCUT2D eigenvalue weighted by molar-refractivity contribution is 1.72. The largest absolute Gasteiger partial charge is 0.147 e. The van der Waals surface area contributed by atoms with E-state index in [1.807, 2.05) is 36.4 Å². The minimum absolute atomic E-state index is 0. The summed E-state index contributed by atoms with van der Waals surface area (Å²) in [4.78, 5) is 0. The summed E-state index contributed by atoms with van der Waals surface area (Å²) in [7, 11) is 0.